The van der Waals surface area contributed by atoms with Crippen molar-refractivity contribution in [3.63, 3.8) is 0 Å². The number of aliphatic imine (C=N–C) groups is 1. The van der Waals surface area contributed by atoms with Gasteiger partial charge in [0.15, 0.2) is 5.96 Å². The van der Waals surface area contributed by atoms with Crippen molar-refractivity contribution < 1.29 is 19.0 Å². The Morgan fingerprint density at radius 3 is 2.86 bits per heavy atom. The highest BCUT2D eigenvalue weighted by Gasteiger charge is 2.14. The largest absolute Gasteiger partial charge is 0.469 e. The summed E-state index contributed by atoms with van der Waals surface area (Å²) < 4.78 is 15.6. The number of methoxy groups -OCH3 is 1. The van der Waals surface area contributed by atoms with Crippen molar-refractivity contribution in [2.24, 2.45) is 4.99 Å². The van der Waals surface area contributed by atoms with E-state index >= 15 is 0 Å². The summed E-state index contributed by atoms with van der Waals surface area (Å²) in [6.45, 7) is 3.52. The molecule has 1 atom stereocenters. The van der Waals surface area contributed by atoms with Crippen molar-refractivity contribution >= 4 is 11.9 Å². The predicted octanol–water partition coefficient (Wildman–Crippen LogP) is 0.300. The molecule has 7 heteroatoms. The van der Waals surface area contributed by atoms with Crippen LogP contribution >= 0.6 is 0 Å². The lowest BCUT2D eigenvalue weighted by Crippen LogP contribution is -2.39. The fourth-order valence-corrected chi connectivity index (χ4v) is 1.98. The van der Waals surface area contributed by atoms with E-state index in [0.29, 0.717) is 32.1 Å². The molecule has 0 radical (unpaired) electrons. The molecule has 1 saturated heterocycles. The third kappa shape index (κ3) is 8.52. The SMILES string of the molecule is CN=C(NCCCOCC1CCCO1)NCCC(=O)OC. The number of carbonyl (C=O) groups excluding carboxylic acids is 1. The zero-order valence-corrected chi connectivity index (χ0v) is 13.0. The van der Waals surface area contributed by atoms with Crippen LogP contribution in [-0.2, 0) is 19.0 Å². The van der Waals surface area contributed by atoms with Crippen molar-refractivity contribution in [1.29, 1.82) is 0 Å². The van der Waals surface area contributed by atoms with Crippen LogP contribution in [0.5, 0.6) is 0 Å². The van der Waals surface area contributed by atoms with Gasteiger partial charge < -0.3 is 24.8 Å². The third-order valence-electron chi connectivity index (χ3n) is 3.16. The molecule has 0 aliphatic carbocycles. The molecule has 0 amide bonds. The van der Waals surface area contributed by atoms with E-state index in [9.17, 15) is 4.79 Å². The van der Waals surface area contributed by atoms with Crippen LogP contribution in [0.4, 0.5) is 0 Å². The highest BCUT2D eigenvalue weighted by molar-refractivity contribution is 5.80. The second-order valence-corrected chi connectivity index (χ2v) is 4.82. The van der Waals surface area contributed by atoms with Gasteiger partial charge in [-0.2, -0.15) is 0 Å². The lowest BCUT2D eigenvalue weighted by atomic mass is 10.2. The number of guanidine groups is 1. The minimum Gasteiger partial charge on any atom is -0.469 e. The van der Waals surface area contributed by atoms with Crippen molar-refractivity contribution in [2.45, 2.75) is 31.8 Å². The van der Waals surface area contributed by atoms with Crippen molar-refractivity contribution in [3.05, 3.63) is 0 Å². The molecular formula is C14H27N3O4. The maximum absolute atomic E-state index is 11.0. The lowest BCUT2D eigenvalue weighted by Gasteiger charge is -2.12. The summed E-state index contributed by atoms with van der Waals surface area (Å²) in [6.07, 6.45) is 3.75. The molecule has 0 aromatic heterocycles. The van der Waals surface area contributed by atoms with Crippen LogP contribution in [0.1, 0.15) is 25.7 Å². The zero-order valence-electron chi connectivity index (χ0n) is 13.0. The summed E-state index contributed by atoms with van der Waals surface area (Å²) in [5.41, 5.74) is 0. The molecule has 1 rings (SSSR count). The highest BCUT2D eigenvalue weighted by atomic mass is 16.5. The number of nitrogens with zero attached hydrogens (tertiary/aromatic N) is 1. The van der Waals surface area contributed by atoms with Gasteiger partial charge in [0.05, 0.1) is 26.2 Å². The molecule has 0 bridgehead atoms. The zero-order chi connectivity index (χ0) is 15.3. The second-order valence-electron chi connectivity index (χ2n) is 4.82. The Balaban J connectivity index is 1.95. The quantitative estimate of drug-likeness (QED) is 0.276. The summed E-state index contributed by atoms with van der Waals surface area (Å²) >= 11 is 0. The number of rotatable bonds is 9. The molecule has 21 heavy (non-hydrogen) atoms. The van der Waals surface area contributed by atoms with Crippen LogP contribution in [0.2, 0.25) is 0 Å². The topological polar surface area (TPSA) is 81.2 Å². The Hall–Kier alpha value is -1.34. The molecule has 0 spiro atoms. The lowest BCUT2D eigenvalue weighted by molar-refractivity contribution is -0.140. The predicted molar refractivity (Wildman–Crippen MR) is 80.4 cm³/mol. The fourth-order valence-electron chi connectivity index (χ4n) is 1.98. The van der Waals surface area contributed by atoms with E-state index in [0.717, 1.165) is 32.4 Å². The van der Waals surface area contributed by atoms with Gasteiger partial charge in [0, 0.05) is 33.4 Å². The average molecular weight is 301 g/mol. The first-order chi connectivity index (χ1) is 10.3. The molecule has 122 valence electrons. The Bertz CT molecular complexity index is 317. The summed E-state index contributed by atoms with van der Waals surface area (Å²) in [5.74, 6) is 0.443. The van der Waals surface area contributed by atoms with E-state index in [4.69, 9.17) is 9.47 Å². The van der Waals surface area contributed by atoms with Gasteiger partial charge in [-0.1, -0.05) is 0 Å². The van der Waals surface area contributed by atoms with Crippen LogP contribution in [0.3, 0.4) is 0 Å². The first-order valence-electron chi connectivity index (χ1n) is 7.47. The van der Waals surface area contributed by atoms with E-state index in [1.54, 1.807) is 7.05 Å². The number of carbonyl (C=O) groups is 1. The van der Waals surface area contributed by atoms with E-state index in [1.165, 1.54) is 7.11 Å². The number of ether oxygens (including phenoxy) is 3. The van der Waals surface area contributed by atoms with Crippen LogP contribution < -0.4 is 10.6 Å². The van der Waals surface area contributed by atoms with Gasteiger partial charge in [-0.05, 0) is 19.3 Å². The average Bonchev–Trinajstić information content (AvgIpc) is 3.01. The van der Waals surface area contributed by atoms with E-state index in [2.05, 4.69) is 20.4 Å². The summed E-state index contributed by atoms with van der Waals surface area (Å²) in [5, 5.41) is 6.21. The van der Waals surface area contributed by atoms with Crippen molar-refractivity contribution in [3.8, 4) is 0 Å². The summed E-state index contributed by atoms with van der Waals surface area (Å²) in [6, 6.07) is 0. The normalized spacial score (nSPS) is 18.6. The van der Waals surface area contributed by atoms with Crippen LogP contribution in [-0.4, -0.2) is 65.1 Å². The molecule has 1 aliphatic rings. The molecule has 1 aliphatic heterocycles. The minimum atomic E-state index is -0.236. The Kier molecular flexibility index (Phi) is 9.56. The van der Waals surface area contributed by atoms with Gasteiger partial charge in [0.1, 0.15) is 0 Å². The van der Waals surface area contributed by atoms with Crippen molar-refractivity contribution in [1.82, 2.24) is 10.6 Å². The second kappa shape index (κ2) is 11.3. The summed E-state index contributed by atoms with van der Waals surface area (Å²) in [4.78, 5) is 15.0. The first-order valence-corrected chi connectivity index (χ1v) is 7.47. The van der Waals surface area contributed by atoms with Gasteiger partial charge in [0.25, 0.3) is 0 Å². The van der Waals surface area contributed by atoms with Gasteiger partial charge in [-0.15, -0.1) is 0 Å². The van der Waals surface area contributed by atoms with Crippen LogP contribution in [0.15, 0.2) is 4.99 Å². The van der Waals surface area contributed by atoms with E-state index in [-0.39, 0.29) is 12.1 Å². The summed E-state index contributed by atoms with van der Waals surface area (Å²) in [7, 11) is 3.08. The minimum absolute atomic E-state index is 0.236. The number of hydrogen-bond acceptors (Lipinski definition) is 5. The van der Waals surface area contributed by atoms with E-state index in [1.807, 2.05) is 0 Å². The number of esters is 1. The van der Waals surface area contributed by atoms with Gasteiger partial charge in [-0.3, -0.25) is 9.79 Å². The van der Waals surface area contributed by atoms with Crippen LogP contribution in [0.25, 0.3) is 0 Å². The van der Waals surface area contributed by atoms with E-state index < -0.39 is 0 Å². The van der Waals surface area contributed by atoms with Gasteiger partial charge >= 0.3 is 5.97 Å². The van der Waals surface area contributed by atoms with Crippen molar-refractivity contribution in [2.75, 3.05) is 47.1 Å². The molecule has 0 saturated carbocycles. The monoisotopic (exact) mass is 301 g/mol. The maximum Gasteiger partial charge on any atom is 0.307 e. The Labute approximate surface area is 126 Å². The molecule has 1 unspecified atom stereocenters. The Morgan fingerprint density at radius 1 is 1.38 bits per heavy atom. The Morgan fingerprint density at radius 2 is 2.19 bits per heavy atom. The highest BCUT2D eigenvalue weighted by Crippen LogP contribution is 2.11. The maximum atomic E-state index is 11.0. The molecular weight excluding hydrogens is 274 g/mol. The standard InChI is InChI=1S/C14H27N3O4/c1-15-14(17-8-6-13(18)19-2)16-7-4-9-20-11-12-5-3-10-21-12/h12H,3-11H2,1-2H3,(H2,15,16,17). The van der Waals surface area contributed by atoms with Gasteiger partial charge in [0.2, 0.25) is 0 Å². The number of nitrogens with one attached hydrogen (secondary N) is 2. The molecule has 1 heterocycles. The molecule has 1 fully saturated rings. The molecule has 0 aromatic carbocycles. The van der Waals surface area contributed by atoms with Gasteiger partial charge in [-0.25, -0.2) is 0 Å². The molecule has 0 aromatic rings. The molecule has 2 N–H and O–H groups in total. The van der Waals surface area contributed by atoms with Crippen LogP contribution in [0, 0.1) is 0 Å². The fraction of sp³-hybridized carbons (Fsp3) is 0.857. The third-order valence-corrected chi connectivity index (χ3v) is 3.16. The first kappa shape index (κ1) is 17.7. The number of hydrogen-bond donors (Lipinski definition) is 2. The molecule has 7 nitrogen and oxygen atoms in total. The smallest absolute Gasteiger partial charge is 0.307 e.